The van der Waals surface area contributed by atoms with E-state index in [0.29, 0.717) is 28.4 Å². The molecule has 194 valence electrons. The highest BCUT2D eigenvalue weighted by molar-refractivity contribution is 6.31. The van der Waals surface area contributed by atoms with Crippen LogP contribution in [-0.4, -0.2) is 33.5 Å². The molecule has 4 rings (SSSR count). The van der Waals surface area contributed by atoms with E-state index in [1.54, 1.807) is 37.6 Å². The van der Waals surface area contributed by atoms with E-state index in [1.807, 2.05) is 6.92 Å². The molecule has 0 aliphatic carbocycles. The molecule has 1 atom stereocenters. The summed E-state index contributed by atoms with van der Waals surface area (Å²) in [6.45, 7) is 7.11. The zero-order valence-electron chi connectivity index (χ0n) is 20.9. The van der Waals surface area contributed by atoms with Gasteiger partial charge < -0.3 is 20.5 Å². The summed E-state index contributed by atoms with van der Waals surface area (Å²) >= 11 is 6.27. The maximum Gasteiger partial charge on any atom is 0.262 e. The van der Waals surface area contributed by atoms with Crippen LogP contribution in [0.25, 0.3) is 5.52 Å². The summed E-state index contributed by atoms with van der Waals surface area (Å²) in [5.74, 6) is -2.06. The molecule has 8 nitrogen and oxygen atoms in total. The standard InChI is InChI=1S/C26H26ClF2N5O3/c1-12(2)37-23-16(13(3)25-32-14(4)22-24(30)31-8-9-34(22)25)11-17(27)21(29)20(23)26(35)33-19-7-6-15(36-5)10-18(19)28/h6-13H,1-5H3,(H2,30,31)(H,33,35). The van der Waals surface area contributed by atoms with Crippen LogP contribution in [0.15, 0.2) is 36.7 Å². The third kappa shape index (κ3) is 4.89. The minimum atomic E-state index is -0.989. The van der Waals surface area contributed by atoms with Gasteiger partial charge in [0.05, 0.1) is 29.6 Å². The predicted octanol–water partition coefficient (Wildman–Crippen LogP) is 5.75. The Morgan fingerprint density at radius 1 is 1.22 bits per heavy atom. The number of carbonyl (C=O) groups is 1. The fraction of sp³-hybridized carbons (Fsp3) is 0.269. The van der Waals surface area contributed by atoms with Crippen LogP contribution in [-0.2, 0) is 0 Å². The number of benzene rings is 2. The Morgan fingerprint density at radius 3 is 2.59 bits per heavy atom. The van der Waals surface area contributed by atoms with Crippen molar-refractivity contribution in [3.05, 3.63) is 76.0 Å². The number of ether oxygens (including phenoxy) is 2. The second kappa shape index (κ2) is 10.2. The molecule has 1 unspecified atom stereocenters. The lowest BCUT2D eigenvalue weighted by Crippen LogP contribution is -2.20. The van der Waals surface area contributed by atoms with Gasteiger partial charge in [0.25, 0.3) is 5.91 Å². The molecular weight excluding hydrogens is 504 g/mol. The lowest BCUT2D eigenvalue weighted by Gasteiger charge is -2.22. The van der Waals surface area contributed by atoms with Gasteiger partial charge in [0.15, 0.2) is 5.82 Å². The van der Waals surface area contributed by atoms with E-state index in [-0.39, 0.29) is 22.2 Å². The first kappa shape index (κ1) is 26.2. The van der Waals surface area contributed by atoms with Crippen molar-refractivity contribution in [2.24, 2.45) is 0 Å². The molecule has 0 aliphatic rings. The number of aryl methyl sites for hydroxylation is 1. The van der Waals surface area contributed by atoms with E-state index in [2.05, 4.69) is 15.3 Å². The largest absolute Gasteiger partial charge is 0.497 e. The number of imidazole rings is 1. The van der Waals surface area contributed by atoms with Gasteiger partial charge in [-0.05, 0) is 39.0 Å². The monoisotopic (exact) mass is 529 g/mol. The van der Waals surface area contributed by atoms with E-state index in [9.17, 15) is 9.18 Å². The van der Waals surface area contributed by atoms with Crippen LogP contribution in [0.2, 0.25) is 5.02 Å². The second-order valence-electron chi connectivity index (χ2n) is 8.74. The summed E-state index contributed by atoms with van der Waals surface area (Å²) in [5.41, 5.74) is 7.16. The number of nitrogens with two attached hydrogens (primary N) is 1. The number of carbonyl (C=O) groups excluding carboxylic acids is 1. The van der Waals surface area contributed by atoms with Crippen molar-refractivity contribution in [3.63, 3.8) is 0 Å². The fourth-order valence-electron chi connectivity index (χ4n) is 4.14. The van der Waals surface area contributed by atoms with Crippen LogP contribution in [0.3, 0.4) is 0 Å². The van der Waals surface area contributed by atoms with Gasteiger partial charge in [0.1, 0.15) is 40.0 Å². The average Bonchev–Trinajstić information content (AvgIpc) is 3.19. The van der Waals surface area contributed by atoms with Crippen molar-refractivity contribution in [3.8, 4) is 11.5 Å². The Kier molecular flexibility index (Phi) is 7.22. The summed E-state index contributed by atoms with van der Waals surface area (Å²) in [6, 6.07) is 5.30. The minimum absolute atomic E-state index is 0.0211. The highest BCUT2D eigenvalue weighted by Gasteiger charge is 2.30. The number of anilines is 2. The highest BCUT2D eigenvalue weighted by Crippen LogP contribution is 2.40. The van der Waals surface area contributed by atoms with E-state index in [4.69, 9.17) is 26.8 Å². The molecule has 0 fully saturated rings. The predicted molar refractivity (Wildman–Crippen MR) is 138 cm³/mol. The highest BCUT2D eigenvalue weighted by atomic mass is 35.5. The van der Waals surface area contributed by atoms with Crippen molar-refractivity contribution in [2.75, 3.05) is 18.2 Å². The second-order valence-corrected chi connectivity index (χ2v) is 9.15. The van der Waals surface area contributed by atoms with Crippen molar-refractivity contribution in [1.29, 1.82) is 0 Å². The van der Waals surface area contributed by atoms with Crippen LogP contribution in [0.5, 0.6) is 11.5 Å². The maximum absolute atomic E-state index is 15.4. The van der Waals surface area contributed by atoms with Crippen LogP contribution < -0.4 is 20.5 Å². The Morgan fingerprint density at radius 2 is 1.95 bits per heavy atom. The molecule has 0 saturated carbocycles. The summed E-state index contributed by atoms with van der Waals surface area (Å²) < 4.78 is 42.7. The molecule has 2 aromatic heterocycles. The summed E-state index contributed by atoms with van der Waals surface area (Å²) in [6.07, 6.45) is 2.84. The number of methoxy groups -OCH3 is 1. The molecule has 0 radical (unpaired) electrons. The molecule has 2 aromatic carbocycles. The lowest BCUT2D eigenvalue weighted by atomic mass is 9.95. The number of nitrogens with one attached hydrogen (secondary N) is 1. The first-order valence-corrected chi connectivity index (χ1v) is 11.8. The number of fused-ring (bicyclic) bond motifs is 1. The fourth-order valence-corrected chi connectivity index (χ4v) is 4.35. The lowest BCUT2D eigenvalue weighted by molar-refractivity contribution is 0.101. The smallest absolute Gasteiger partial charge is 0.262 e. The Labute approximate surface area is 217 Å². The zero-order valence-corrected chi connectivity index (χ0v) is 21.7. The van der Waals surface area contributed by atoms with E-state index >= 15 is 4.39 Å². The number of rotatable bonds is 7. The topological polar surface area (TPSA) is 104 Å². The Balaban J connectivity index is 1.86. The molecule has 4 aromatic rings. The number of nitrogen functional groups attached to an aromatic ring is 1. The van der Waals surface area contributed by atoms with Crippen LogP contribution in [0.4, 0.5) is 20.3 Å². The van der Waals surface area contributed by atoms with Crippen molar-refractivity contribution in [1.82, 2.24) is 14.4 Å². The van der Waals surface area contributed by atoms with Gasteiger partial charge in [-0.1, -0.05) is 18.5 Å². The average molecular weight is 530 g/mol. The molecule has 2 heterocycles. The molecule has 11 heteroatoms. The molecule has 0 aliphatic heterocycles. The van der Waals surface area contributed by atoms with Gasteiger partial charge >= 0.3 is 0 Å². The molecule has 0 spiro atoms. The molecule has 1 amide bonds. The van der Waals surface area contributed by atoms with Gasteiger partial charge in [-0.15, -0.1) is 0 Å². The number of amides is 1. The van der Waals surface area contributed by atoms with E-state index in [1.165, 1.54) is 25.3 Å². The Hall–Kier alpha value is -3.92. The van der Waals surface area contributed by atoms with Crippen LogP contribution >= 0.6 is 11.6 Å². The van der Waals surface area contributed by atoms with Crippen molar-refractivity contribution >= 4 is 34.5 Å². The third-order valence-electron chi connectivity index (χ3n) is 5.84. The minimum Gasteiger partial charge on any atom is -0.497 e. The Bertz CT molecular complexity index is 1510. The van der Waals surface area contributed by atoms with E-state index in [0.717, 1.165) is 6.07 Å². The molecule has 37 heavy (non-hydrogen) atoms. The molecule has 3 N–H and O–H groups in total. The number of hydrogen-bond donors (Lipinski definition) is 2. The number of halogens is 3. The quantitative estimate of drug-likeness (QED) is 0.316. The SMILES string of the molecule is COc1ccc(NC(=O)c2c(F)c(Cl)cc(C(C)c3nc(C)c4c(N)nccn34)c2OC(C)C)c(F)c1. The summed E-state index contributed by atoms with van der Waals surface area (Å²) in [5, 5.41) is 2.12. The van der Waals surface area contributed by atoms with Crippen LogP contribution in [0.1, 0.15) is 54.1 Å². The number of hydrogen-bond acceptors (Lipinski definition) is 6. The molecular formula is C26H26ClF2N5O3. The van der Waals surface area contributed by atoms with Gasteiger partial charge in [0.2, 0.25) is 0 Å². The van der Waals surface area contributed by atoms with E-state index < -0.39 is 35.1 Å². The maximum atomic E-state index is 15.4. The summed E-state index contributed by atoms with van der Waals surface area (Å²) in [4.78, 5) is 22.1. The first-order chi connectivity index (χ1) is 17.5. The van der Waals surface area contributed by atoms with Crippen LogP contribution in [0, 0.1) is 18.6 Å². The molecule has 0 bridgehead atoms. The van der Waals surface area contributed by atoms with Gasteiger partial charge in [-0.3, -0.25) is 9.20 Å². The normalized spacial score (nSPS) is 12.1. The first-order valence-electron chi connectivity index (χ1n) is 11.5. The van der Waals surface area contributed by atoms with Gasteiger partial charge in [0, 0.05) is 29.9 Å². The summed E-state index contributed by atoms with van der Waals surface area (Å²) in [7, 11) is 1.39. The van der Waals surface area contributed by atoms with Gasteiger partial charge in [-0.2, -0.15) is 0 Å². The molecule has 0 saturated heterocycles. The van der Waals surface area contributed by atoms with Crippen molar-refractivity contribution < 1.29 is 23.0 Å². The number of aromatic nitrogens is 3. The third-order valence-corrected chi connectivity index (χ3v) is 6.12. The number of nitrogens with zero attached hydrogens (tertiary/aromatic N) is 3. The van der Waals surface area contributed by atoms with Gasteiger partial charge in [-0.25, -0.2) is 18.7 Å². The van der Waals surface area contributed by atoms with Crippen molar-refractivity contribution in [2.45, 2.75) is 39.7 Å². The zero-order chi connectivity index (χ0) is 27.0.